The van der Waals surface area contributed by atoms with E-state index in [0.29, 0.717) is 6.61 Å². The van der Waals surface area contributed by atoms with Crippen LogP contribution in [0.3, 0.4) is 0 Å². The Balaban J connectivity index is 2.02. The van der Waals surface area contributed by atoms with Gasteiger partial charge in [0.1, 0.15) is 6.10 Å². The second-order valence-electron chi connectivity index (χ2n) is 4.86. The number of rotatable bonds is 8. The van der Waals surface area contributed by atoms with Gasteiger partial charge in [0, 0.05) is 13.2 Å². The fourth-order valence-corrected chi connectivity index (χ4v) is 2.23. The van der Waals surface area contributed by atoms with Gasteiger partial charge in [-0.1, -0.05) is 60.7 Å². The first kappa shape index (κ1) is 14.8. The lowest BCUT2D eigenvalue weighted by Crippen LogP contribution is -2.07. The Morgan fingerprint density at radius 2 is 1.30 bits per heavy atom. The molecule has 0 radical (unpaired) electrons. The lowest BCUT2D eigenvalue weighted by molar-refractivity contribution is 0.0761. The largest absolute Gasteiger partial charge is 0.396 e. The highest BCUT2D eigenvalue weighted by Gasteiger charge is 2.13. The molecule has 0 fully saturated rings. The van der Waals surface area contributed by atoms with Crippen LogP contribution in [0.15, 0.2) is 60.7 Å². The average molecular weight is 270 g/mol. The smallest absolute Gasteiger partial charge is 0.108 e. The van der Waals surface area contributed by atoms with Crippen molar-refractivity contribution >= 4 is 0 Å². The summed E-state index contributed by atoms with van der Waals surface area (Å²) in [6.07, 6.45) is 2.83. The highest BCUT2D eigenvalue weighted by Crippen LogP contribution is 2.25. The van der Waals surface area contributed by atoms with Crippen LogP contribution >= 0.6 is 0 Å². The van der Waals surface area contributed by atoms with Crippen LogP contribution in [-0.4, -0.2) is 18.3 Å². The van der Waals surface area contributed by atoms with E-state index in [9.17, 15) is 0 Å². The molecule has 0 saturated heterocycles. The number of ether oxygens (including phenoxy) is 1. The zero-order valence-corrected chi connectivity index (χ0v) is 11.7. The summed E-state index contributed by atoms with van der Waals surface area (Å²) in [5.41, 5.74) is 2.36. The highest BCUT2D eigenvalue weighted by atomic mass is 16.5. The quantitative estimate of drug-likeness (QED) is 0.736. The van der Waals surface area contributed by atoms with Crippen molar-refractivity contribution in [3.63, 3.8) is 0 Å². The molecule has 0 atom stereocenters. The predicted octanol–water partition coefficient (Wildman–Crippen LogP) is 3.96. The molecular formula is C18H22O2. The first-order valence-electron chi connectivity index (χ1n) is 7.24. The molecule has 2 heteroatoms. The molecule has 1 N–H and O–H groups in total. The van der Waals surface area contributed by atoms with E-state index in [0.717, 1.165) is 19.3 Å². The standard InChI is InChI=1S/C18H22O2/c19-14-8-3-9-15-20-18(16-10-4-1-5-11-16)17-12-6-2-7-13-17/h1-2,4-7,10-13,18-19H,3,8-9,14-15H2. The highest BCUT2D eigenvalue weighted by molar-refractivity contribution is 5.29. The number of benzene rings is 2. The molecule has 0 spiro atoms. The Labute approximate surface area is 121 Å². The molecule has 0 aromatic heterocycles. The van der Waals surface area contributed by atoms with Gasteiger partial charge in [-0.25, -0.2) is 0 Å². The van der Waals surface area contributed by atoms with Crippen molar-refractivity contribution in [1.29, 1.82) is 0 Å². The van der Waals surface area contributed by atoms with Crippen molar-refractivity contribution in [2.24, 2.45) is 0 Å². The monoisotopic (exact) mass is 270 g/mol. The summed E-state index contributed by atoms with van der Waals surface area (Å²) < 4.78 is 6.08. The maximum Gasteiger partial charge on any atom is 0.108 e. The van der Waals surface area contributed by atoms with E-state index >= 15 is 0 Å². The van der Waals surface area contributed by atoms with Gasteiger partial charge < -0.3 is 9.84 Å². The molecule has 2 rings (SSSR count). The van der Waals surface area contributed by atoms with Gasteiger partial charge in [0.25, 0.3) is 0 Å². The van der Waals surface area contributed by atoms with E-state index in [2.05, 4.69) is 24.3 Å². The zero-order valence-electron chi connectivity index (χ0n) is 11.7. The van der Waals surface area contributed by atoms with E-state index in [-0.39, 0.29) is 12.7 Å². The van der Waals surface area contributed by atoms with Gasteiger partial charge in [-0.3, -0.25) is 0 Å². The molecule has 0 amide bonds. The van der Waals surface area contributed by atoms with Gasteiger partial charge in [0.05, 0.1) is 0 Å². The SMILES string of the molecule is OCCCCCOC(c1ccccc1)c1ccccc1. The maximum absolute atomic E-state index is 8.79. The number of aliphatic hydroxyl groups is 1. The van der Waals surface area contributed by atoms with Crippen LogP contribution in [0.4, 0.5) is 0 Å². The molecule has 0 bridgehead atoms. The second-order valence-corrected chi connectivity index (χ2v) is 4.86. The molecular weight excluding hydrogens is 248 g/mol. The second kappa shape index (κ2) is 8.51. The summed E-state index contributed by atoms with van der Waals surface area (Å²) in [6, 6.07) is 20.6. The predicted molar refractivity (Wildman–Crippen MR) is 81.6 cm³/mol. The average Bonchev–Trinajstić information content (AvgIpc) is 2.53. The van der Waals surface area contributed by atoms with E-state index in [4.69, 9.17) is 9.84 Å². The lowest BCUT2D eigenvalue weighted by Gasteiger charge is -2.19. The fourth-order valence-electron chi connectivity index (χ4n) is 2.23. The van der Waals surface area contributed by atoms with Crippen LogP contribution in [0.2, 0.25) is 0 Å². The molecule has 2 aromatic rings. The molecule has 0 heterocycles. The van der Waals surface area contributed by atoms with Crippen molar-refractivity contribution < 1.29 is 9.84 Å². The van der Waals surface area contributed by atoms with Crippen LogP contribution in [-0.2, 0) is 4.74 Å². The van der Waals surface area contributed by atoms with Gasteiger partial charge in [0.2, 0.25) is 0 Å². The zero-order chi connectivity index (χ0) is 14.0. The topological polar surface area (TPSA) is 29.5 Å². The van der Waals surface area contributed by atoms with Crippen molar-refractivity contribution in [3.8, 4) is 0 Å². The maximum atomic E-state index is 8.79. The van der Waals surface area contributed by atoms with Crippen LogP contribution in [0.5, 0.6) is 0 Å². The summed E-state index contributed by atoms with van der Waals surface area (Å²) in [6.45, 7) is 0.981. The van der Waals surface area contributed by atoms with E-state index in [1.165, 1.54) is 11.1 Å². The third-order valence-corrected chi connectivity index (χ3v) is 3.29. The Bertz CT molecular complexity index is 428. The normalized spacial score (nSPS) is 10.9. The summed E-state index contributed by atoms with van der Waals surface area (Å²) in [5.74, 6) is 0. The molecule has 2 aromatic carbocycles. The first-order chi connectivity index (χ1) is 9.92. The number of hydrogen-bond acceptors (Lipinski definition) is 2. The van der Waals surface area contributed by atoms with E-state index < -0.39 is 0 Å². The lowest BCUT2D eigenvalue weighted by atomic mass is 10.0. The van der Waals surface area contributed by atoms with Crippen molar-refractivity contribution in [2.75, 3.05) is 13.2 Å². The minimum atomic E-state index is -0.00785. The molecule has 0 saturated carbocycles. The molecule has 0 unspecified atom stereocenters. The molecule has 0 aliphatic heterocycles. The summed E-state index contributed by atoms with van der Waals surface area (Å²) in [5, 5.41) is 8.79. The van der Waals surface area contributed by atoms with Crippen molar-refractivity contribution in [2.45, 2.75) is 25.4 Å². The first-order valence-corrected chi connectivity index (χ1v) is 7.24. The van der Waals surface area contributed by atoms with Crippen molar-refractivity contribution in [3.05, 3.63) is 71.8 Å². The number of hydrogen-bond donors (Lipinski definition) is 1. The molecule has 0 aliphatic carbocycles. The van der Waals surface area contributed by atoms with Crippen molar-refractivity contribution in [1.82, 2.24) is 0 Å². The minimum absolute atomic E-state index is 0.00785. The summed E-state index contributed by atoms with van der Waals surface area (Å²) in [4.78, 5) is 0. The number of unbranched alkanes of at least 4 members (excludes halogenated alkanes) is 2. The third kappa shape index (κ3) is 4.48. The van der Waals surface area contributed by atoms with Gasteiger partial charge in [-0.05, 0) is 30.4 Å². The minimum Gasteiger partial charge on any atom is -0.396 e. The van der Waals surface area contributed by atoms with Crippen LogP contribution in [0.25, 0.3) is 0 Å². The molecule has 2 nitrogen and oxygen atoms in total. The van der Waals surface area contributed by atoms with Gasteiger partial charge >= 0.3 is 0 Å². The summed E-state index contributed by atoms with van der Waals surface area (Å²) >= 11 is 0. The Hall–Kier alpha value is -1.64. The third-order valence-electron chi connectivity index (χ3n) is 3.29. The van der Waals surface area contributed by atoms with Gasteiger partial charge in [0.15, 0.2) is 0 Å². The van der Waals surface area contributed by atoms with E-state index in [1.807, 2.05) is 36.4 Å². The van der Waals surface area contributed by atoms with Gasteiger partial charge in [-0.15, -0.1) is 0 Å². The van der Waals surface area contributed by atoms with Crippen LogP contribution in [0, 0.1) is 0 Å². The van der Waals surface area contributed by atoms with E-state index in [1.54, 1.807) is 0 Å². The van der Waals surface area contributed by atoms with Crippen LogP contribution < -0.4 is 0 Å². The van der Waals surface area contributed by atoms with Gasteiger partial charge in [-0.2, -0.15) is 0 Å². The Kier molecular flexibility index (Phi) is 6.28. The Morgan fingerprint density at radius 1 is 0.750 bits per heavy atom. The molecule has 0 aliphatic rings. The van der Waals surface area contributed by atoms with Crippen LogP contribution in [0.1, 0.15) is 36.5 Å². The fraction of sp³-hybridized carbons (Fsp3) is 0.333. The molecule has 106 valence electrons. The number of aliphatic hydroxyl groups excluding tert-OH is 1. The molecule has 20 heavy (non-hydrogen) atoms. The summed E-state index contributed by atoms with van der Waals surface area (Å²) in [7, 11) is 0. The Morgan fingerprint density at radius 3 is 1.80 bits per heavy atom.